The second-order valence-electron chi connectivity index (χ2n) is 6.20. The summed E-state index contributed by atoms with van der Waals surface area (Å²) < 4.78 is 66.1. The fourth-order valence-electron chi connectivity index (χ4n) is 2.79. The average molecular weight is 501 g/mol. The summed E-state index contributed by atoms with van der Waals surface area (Å²) in [7, 11) is -5.57. The van der Waals surface area contributed by atoms with E-state index in [1.165, 1.54) is 14.2 Å². The highest BCUT2D eigenvalue weighted by molar-refractivity contribution is 8.09. The zero-order valence-electron chi connectivity index (χ0n) is 16.1. The summed E-state index contributed by atoms with van der Waals surface area (Å²) in [5.74, 6) is 0.972. The highest BCUT2D eigenvalue weighted by Crippen LogP contribution is 2.34. The van der Waals surface area contributed by atoms with Crippen LogP contribution in [0.25, 0.3) is 20.4 Å². The molecule has 10 nitrogen and oxygen atoms in total. The van der Waals surface area contributed by atoms with E-state index >= 15 is 0 Å². The van der Waals surface area contributed by atoms with Crippen LogP contribution in [0, 0.1) is 0 Å². The van der Waals surface area contributed by atoms with E-state index in [9.17, 15) is 16.8 Å². The molecule has 164 valence electrons. The molecule has 4 rings (SSSR count). The summed E-state index contributed by atoms with van der Waals surface area (Å²) in [6, 6.07) is 10.4. The van der Waals surface area contributed by atoms with Crippen molar-refractivity contribution in [2.45, 2.75) is 0 Å². The summed E-state index contributed by atoms with van der Waals surface area (Å²) in [6.07, 6.45) is 0. The van der Waals surface area contributed by atoms with Crippen LogP contribution in [0.2, 0.25) is 0 Å². The number of benzene rings is 2. The molecule has 0 saturated carbocycles. The molecule has 0 spiro atoms. The molecular weight excluding hydrogens is 484 g/mol. The molecule has 0 radical (unpaired) electrons. The standard InChI is InChI=1S/C17H16N4O6S4/c1-26-10-5-3-7-12-14(10)18-16(28-12)20-30(22,23)9-31(24,25)21-17-19-15-11(27-2)6-4-8-13(15)29-17/h3-8H,9H2,1-2H3,(H,18,20)(H,19,21). The molecule has 4 aromatic rings. The van der Waals surface area contributed by atoms with Gasteiger partial charge in [0.2, 0.25) is 0 Å². The van der Waals surface area contributed by atoms with E-state index in [4.69, 9.17) is 9.47 Å². The number of sulfonamides is 2. The molecule has 0 amide bonds. The Morgan fingerprint density at radius 2 is 1.19 bits per heavy atom. The first-order chi connectivity index (χ1) is 14.7. The fraction of sp³-hybridized carbons (Fsp3) is 0.176. The van der Waals surface area contributed by atoms with E-state index in [0.717, 1.165) is 22.7 Å². The summed E-state index contributed by atoms with van der Waals surface area (Å²) in [5.41, 5.74) is 0.967. The number of thiazole rings is 2. The van der Waals surface area contributed by atoms with Gasteiger partial charge in [0.15, 0.2) is 15.3 Å². The van der Waals surface area contributed by atoms with Crippen LogP contribution in [0.3, 0.4) is 0 Å². The minimum Gasteiger partial charge on any atom is -0.494 e. The minimum atomic E-state index is -4.26. The lowest BCUT2D eigenvalue weighted by Gasteiger charge is -2.07. The number of ether oxygens (including phenoxy) is 2. The number of para-hydroxylation sites is 2. The van der Waals surface area contributed by atoms with Crippen molar-refractivity contribution < 1.29 is 26.3 Å². The molecule has 2 N–H and O–H groups in total. The van der Waals surface area contributed by atoms with Crippen LogP contribution in [0.4, 0.5) is 10.3 Å². The Labute approximate surface area is 186 Å². The van der Waals surface area contributed by atoms with Crippen LogP contribution >= 0.6 is 22.7 Å². The second kappa shape index (κ2) is 8.11. The van der Waals surface area contributed by atoms with E-state index in [0.29, 0.717) is 31.9 Å². The Hall–Kier alpha value is -2.68. The first kappa shape index (κ1) is 21.5. The van der Waals surface area contributed by atoms with Gasteiger partial charge in [0, 0.05) is 0 Å². The first-order valence-electron chi connectivity index (χ1n) is 8.58. The van der Waals surface area contributed by atoms with E-state index in [1.807, 2.05) is 0 Å². The van der Waals surface area contributed by atoms with Gasteiger partial charge < -0.3 is 9.47 Å². The maximum Gasteiger partial charge on any atom is 0.250 e. The number of fused-ring (bicyclic) bond motifs is 2. The van der Waals surface area contributed by atoms with Gasteiger partial charge in [0.25, 0.3) is 20.0 Å². The quantitative estimate of drug-likeness (QED) is 0.377. The molecule has 31 heavy (non-hydrogen) atoms. The molecule has 0 unspecified atom stereocenters. The molecule has 2 aromatic heterocycles. The van der Waals surface area contributed by atoms with E-state index in [2.05, 4.69) is 19.4 Å². The molecular formula is C17H16N4O6S4. The maximum atomic E-state index is 12.5. The van der Waals surface area contributed by atoms with Gasteiger partial charge in [-0.15, -0.1) is 0 Å². The lowest BCUT2D eigenvalue weighted by molar-refractivity contribution is 0.419. The molecule has 0 aliphatic carbocycles. The number of anilines is 2. The third-order valence-corrected chi connectivity index (χ3v) is 9.62. The Kier molecular flexibility index (Phi) is 5.63. The fourth-order valence-corrected chi connectivity index (χ4v) is 8.09. The molecule has 0 fully saturated rings. The molecule has 14 heteroatoms. The molecule has 0 aliphatic rings. The van der Waals surface area contributed by atoms with Gasteiger partial charge in [-0.1, -0.05) is 34.8 Å². The molecule has 2 heterocycles. The van der Waals surface area contributed by atoms with E-state index in [1.54, 1.807) is 36.4 Å². The van der Waals surface area contributed by atoms with Crippen molar-refractivity contribution in [2.24, 2.45) is 0 Å². The predicted molar refractivity (Wildman–Crippen MR) is 122 cm³/mol. The molecule has 0 bridgehead atoms. The summed E-state index contributed by atoms with van der Waals surface area (Å²) in [6.45, 7) is 0. The first-order valence-corrected chi connectivity index (χ1v) is 13.5. The van der Waals surface area contributed by atoms with Crippen molar-refractivity contribution in [3.63, 3.8) is 0 Å². The Balaban J connectivity index is 1.53. The monoisotopic (exact) mass is 500 g/mol. The SMILES string of the molecule is COc1cccc2sc(NS(=O)(=O)CS(=O)(=O)Nc3nc4c(OC)cccc4s3)nc12. The highest BCUT2D eigenvalue weighted by Gasteiger charge is 2.25. The van der Waals surface area contributed by atoms with Gasteiger partial charge in [0.05, 0.1) is 23.6 Å². The summed E-state index contributed by atoms with van der Waals surface area (Å²) in [4.78, 5) is 8.39. The Bertz CT molecular complexity index is 1370. The topological polar surface area (TPSA) is 137 Å². The molecule has 0 saturated heterocycles. The van der Waals surface area contributed by atoms with Crippen LogP contribution < -0.4 is 18.9 Å². The van der Waals surface area contributed by atoms with Crippen molar-refractivity contribution in [3.8, 4) is 11.5 Å². The number of methoxy groups -OCH3 is 2. The Morgan fingerprint density at radius 1 is 0.774 bits per heavy atom. The van der Waals surface area contributed by atoms with Crippen molar-refractivity contribution >= 4 is 73.4 Å². The smallest absolute Gasteiger partial charge is 0.250 e. The van der Waals surface area contributed by atoms with Gasteiger partial charge in [-0.25, -0.2) is 26.8 Å². The molecule has 2 aromatic carbocycles. The van der Waals surface area contributed by atoms with Gasteiger partial charge in [-0.05, 0) is 24.3 Å². The van der Waals surface area contributed by atoms with Gasteiger partial charge in [0.1, 0.15) is 22.5 Å². The third kappa shape index (κ3) is 4.66. The number of hydrogen-bond donors (Lipinski definition) is 2. The van der Waals surface area contributed by atoms with Crippen LogP contribution in [0.1, 0.15) is 0 Å². The zero-order chi connectivity index (χ0) is 22.2. The van der Waals surface area contributed by atoms with Crippen LogP contribution in [0.5, 0.6) is 11.5 Å². The number of rotatable bonds is 8. The van der Waals surface area contributed by atoms with Gasteiger partial charge in [-0.2, -0.15) is 0 Å². The van der Waals surface area contributed by atoms with E-state index < -0.39 is 25.1 Å². The average Bonchev–Trinajstić information content (AvgIpc) is 3.27. The van der Waals surface area contributed by atoms with Crippen molar-refractivity contribution in [1.82, 2.24) is 9.97 Å². The highest BCUT2D eigenvalue weighted by atomic mass is 32.3. The predicted octanol–water partition coefficient (Wildman–Crippen LogP) is 3.06. The second-order valence-corrected chi connectivity index (χ2v) is 12.1. The van der Waals surface area contributed by atoms with Crippen molar-refractivity contribution in [3.05, 3.63) is 36.4 Å². The number of nitrogens with one attached hydrogen (secondary N) is 2. The van der Waals surface area contributed by atoms with Crippen LogP contribution in [-0.4, -0.2) is 46.1 Å². The normalized spacial score (nSPS) is 12.2. The number of hydrogen-bond acceptors (Lipinski definition) is 10. The summed E-state index contributed by atoms with van der Waals surface area (Å²) in [5, 5.41) is -1.11. The Morgan fingerprint density at radius 3 is 1.58 bits per heavy atom. The van der Waals surface area contributed by atoms with E-state index in [-0.39, 0.29) is 10.3 Å². The lowest BCUT2D eigenvalue weighted by atomic mass is 10.3. The van der Waals surface area contributed by atoms with Gasteiger partial charge in [-0.3, -0.25) is 9.44 Å². The van der Waals surface area contributed by atoms with Crippen LogP contribution in [0.15, 0.2) is 36.4 Å². The van der Waals surface area contributed by atoms with Crippen LogP contribution in [-0.2, 0) is 20.0 Å². The third-order valence-electron chi connectivity index (χ3n) is 4.00. The molecule has 0 atom stereocenters. The van der Waals surface area contributed by atoms with Gasteiger partial charge >= 0.3 is 0 Å². The largest absolute Gasteiger partial charge is 0.494 e. The molecule has 0 aliphatic heterocycles. The number of aromatic nitrogens is 2. The lowest BCUT2D eigenvalue weighted by Crippen LogP contribution is -2.27. The number of nitrogens with zero attached hydrogens (tertiary/aromatic N) is 2. The van der Waals surface area contributed by atoms with Crippen molar-refractivity contribution in [2.75, 3.05) is 28.7 Å². The maximum absolute atomic E-state index is 12.5. The zero-order valence-corrected chi connectivity index (χ0v) is 19.4. The minimum absolute atomic E-state index is 0.0411. The summed E-state index contributed by atoms with van der Waals surface area (Å²) >= 11 is 2.14. The van der Waals surface area contributed by atoms with Crippen molar-refractivity contribution in [1.29, 1.82) is 0 Å².